The summed E-state index contributed by atoms with van der Waals surface area (Å²) in [6.07, 6.45) is 0. The van der Waals surface area contributed by atoms with Gasteiger partial charge in [0.15, 0.2) is 0 Å². The number of H-pyrrole nitrogens is 2. The fourth-order valence-corrected chi connectivity index (χ4v) is 2.64. The van der Waals surface area contributed by atoms with Gasteiger partial charge < -0.3 is 19.8 Å². The molecule has 10 heteroatoms. The first kappa shape index (κ1) is 16.6. The topological polar surface area (TPSA) is 126 Å². The molecule has 0 bridgehead atoms. The summed E-state index contributed by atoms with van der Waals surface area (Å²) in [7, 11) is -2.87. The third kappa shape index (κ3) is 3.33. The van der Waals surface area contributed by atoms with Crippen LogP contribution in [0.2, 0.25) is 0 Å². The van der Waals surface area contributed by atoms with E-state index in [0.717, 1.165) is 12.1 Å². The average molecular weight is 331 g/mol. The van der Waals surface area contributed by atoms with Crippen molar-refractivity contribution in [2.75, 3.05) is 7.05 Å². The van der Waals surface area contributed by atoms with Crippen LogP contribution < -0.4 is 11.1 Å². The van der Waals surface area contributed by atoms with Gasteiger partial charge in [-0.15, -0.1) is 0 Å². The van der Waals surface area contributed by atoms with Gasteiger partial charge in [0.1, 0.15) is 11.6 Å². The number of nitrogens with zero attached hydrogens (tertiary/aromatic N) is 1. The second-order valence-electron chi connectivity index (χ2n) is 5.03. The van der Waals surface area contributed by atoms with E-state index in [9.17, 15) is 28.3 Å². The zero-order chi connectivity index (χ0) is 16.7. The SMILES string of the molecule is CC(N(C)Cc1cc(F)cc2[nH]c(=O)c(=O)[nH]c12)P(=O)(O)O. The number of benzene rings is 1. The van der Waals surface area contributed by atoms with E-state index in [0.29, 0.717) is 5.56 Å². The van der Waals surface area contributed by atoms with E-state index in [2.05, 4.69) is 9.97 Å². The molecule has 0 amide bonds. The van der Waals surface area contributed by atoms with E-state index in [1.165, 1.54) is 18.9 Å². The van der Waals surface area contributed by atoms with Crippen LogP contribution in [0.1, 0.15) is 12.5 Å². The van der Waals surface area contributed by atoms with Crippen LogP contribution in [0.15, 0.2) is 21.7 Å². The van der Waals surface area contributed by atoms with Gasteiger partial charge in [0.2, 0.25) is 0 Å². The van der Waals surface area contributed by atoms with E-state index < -0.39 is 30.3 Å². The predicted molar refractivity (Wildman–Crippen MR) is 78.1 cm³/mol. The fraction of sp³-hybridized carbons (Fsp3) is 0.333. The van der Waals surface area contributed by atoms with Crippen LogP contribution >= 0.6 is 7.60 Å². The summed E-state index contributed by atoms with van der Waals surface area (Å²) in [5, 5.41) is 0. The van der Waals surface area contributed by atoms with Gasteiger partial charge in [-0.25, -0.2) is 4.39 Å². The zero-order valence-corrected chi connectivity index (χ0v) is 12.7. The van der Waals surface area contributed by atoms with Gasteiger partial charge in [-0.1, -0.05) is 0 Å². The molecule has 22 heavy (non-hydrogen) atoms. The molecule has 0 aliphatic rings. The summed E-state index contributed by atoms with van der Waals surface area (Å²) in [4.78, 5) is 47.0. The number of halogens is 1. The normalized spacial score (nSPS) is 13.7. The van der Waals surface area contributed by atoms with Gasteiger partial charge in [-0.3, -0.25) is 19.1 Å². The van der Waals surface area contributed by atoms with Crippen LogP contribution in [-0.2, 0) is 11.1 Å². The molecule has 1 aromatic heterocycles. The Balaban J connectivity index is 2.51. The molecule has 1 unspecified atom stereocenters. The van der Waals surface area contributed by atoms with Crippen molar-refractivity contribution in [3.8, 4) is 0 Å². The van der Waals surface area contributed by atoms with E-state index >= 15 is 0 Å². The minimum Gasteiger partial charge on any atom is -0.323 e. The first-order chi connectivity index (χ1) is 10.1. The molecule has 1 aromatic carbocycles. The lowest BCUT2D eigenvalue weighted by Crippen LogP contribution is -2.31. The number of fused-ring (bicyclic) bond motifs is 1. The number of hydrogen-bond acceptors (Lipinski definition) is 4. The summed E-state index contributed by atoms with van der Waals surface area (Å²) in [6, 6.07) is 2.20. The highest BCUT2D eigenvalue weighted by atomic mass is 31.2. The molecule has 0 saturated heterocycles. The number of rotatable bonds is 4. The molecule has 0 fully saturated rings. The molecule has 4 N–H and O–H groups in total. The van der Waals surface area contributed by atoms with Crippen molar-refractivity contribution in [1.29, 1.82) is 0 Å². The van der Waals surface area contributed by atoms with Crippen LogP contribution in [0.4, 0.5) is 4.39 Å². The molecule has 0 aliphatic heterocycles. The maximum Gasteiger partial charge on any atom is 0.342 e. The van der Waals surface area contributed by atoms with Crippen LogP contribution in [-0.4, -0.2) is 37.5 Å². The monoisotopic (exact) mass is 331 g/mol. The Hall–Kier alpha value is -1.80. The van der Waals surface area contributed by atoms with Gasteiger partial charge >= 0.3 is 18.7 Å². The predicted octanol–water partition coefficient (Wildman–Crippen LogP) is 0.311. The summed E-state index contributed by atoms with van der Waals surface area (Å²) in [5.74, 6) is -1.72. The Morgan fingerprint density at radius 1 is 1.27 bits per heavy atom. The average Bonchev–Trinajstić information content (AvgIpc) is 2.39. The van der Waals surface area contributed by atoms with Crippen molar-refractivity contribution >= 4 is 18.6 Å². The molecule has 2 rings (SSSR count). The highest BCUT2D eigenvalue weighted by molar-refractivity contribution is 7.52. The highest BCUT2D eigenvalue weighted by Crippen LogP contribution is 2.42. The van der Waals surface area contributed by atoms with Crippen LogP contribution in [0.5, 0.6) is 0 Å². The lowest BCUT2D eigenvalue weighted by molar-refractivity contribution is 0.255. The lowest BCUT2D eigenvalue weighted by Gasteiger charge is -2.25. The number of aromatic amines is 2. The van der Waals surface area contributed by atoms with Crippen molar-refractivity contribution in [3.63, 3.8) is 0 Å². The third-order valence-corrected chi connectivity index (χ3v) is 4.79. The highest BCUT2D eigenvalue weighted by Gasteiger charge is 2.28. The molecule has 1 atom stereocenters. The van der Waals surface area contributed by atoms with Crippen molar-refractivity contribution in [2.24, 2.45) is 0 Å². The number of nitrogens with one attached hydrogen (secondary N) is 2. The summed E-state index contributed by atoms with van der Waals surface area (Å²) >= 11 is 0. The van der Waals surface area contributed by atoms with Gasteiger partial charge in [-0.05, 0) is 31.7 Å². The minimum atomic E-state index is -4.34. The maximum atomic E-state index is 13.6. The van der Waals surface area contributed by atoms with E-state index in [1.54, 1.807) is 0 Å². The van der Waals surface area contributed by atoms with Crippen LogP contribution in [0, 0.1) is 5.82 Å². The summed E-state index contributed by atoms with van der Waals surface area (Å²) in [6.45, 7) is 1.31. The third-order valence-electron chi connectivity index (χ3n) is 3.42. The van der Waals surface area contributed by atoms with Crippen molar-refractivity contribution in [3.05, 3.63) is 44.2 Å². The standard InChI is InChI=1S/C12H15FN3O5P/c1-6(22(19,20)21)16(2)5-7-3-8(13)4-9-10(7)15-12(18)11(17)14-9/h3-4,6H,5H2,1-2H3,(H,14,17)(H,15,18)(H2,19,20,21). The lowest BCUT2D eigenvalue weighted by atomic mass is 10.1. The van der Waals surface area contributed by atoms with Gasteiger partial charge in [0, 0.05) is 6.54 Å². The van der Waals surface area contributed by atoms with Crippen molar-refractivity contribution < 1.29 is 18.7 Å². The molecular formula is C12H15FN3O5P. The first-order valence-electron chi connectivity index (χ1n) is 6.30. The Morgan fingerprint density at radius 2 is 1.86 bits per heavy atom. The minimum absolute atomic E-state index is 0.0253. The molecule has 120 valence electrons. The maximum absolute atomic E-state index is 13.6. The molecule has 0 radical (unpaired) electrons. The van der Waals surface area contributed by atoms with Gasteiger partial charge in [0.25, 0.3) is 0 Å². The summed E-state index contributed by atoms with van der Waals surface area (Å²) in [5.41, 5.74) is -1.16. The van der Waals surface area contributed by atoms with Gasteiger partial charge in [0.05, 0.1) is 11.0 Å². The van der Waals surface area contributed by atoms with Gasteiger partial charge in [-0.2, -0.15) is 0 Å². The summed E-state index contributed by atoms with van der Waals surface area (Å²) < 4.78 is 24.9. The van der Waals surface area contributed by atoms with E-state index in [1.807, 2.05) is 0 Å². The van der Waals surface area contributed by atoms with Crippen molar-refractivity contribution in [1.82, 2.24) is 14.9 Å². The quantitative estimate of drug-likeness (QED) is 0.472. The number of hydrogen-bond donors (Lipinski definition) is 4. The molecule has 0 saturated carbocycles. The Bertz CT molecular complexity index is 871. The Morgan fingerprint density at radius 3 is 2.45 bits per heavy atom. The molecule has 0 spiro atoms. The Labute approximate surface area is 123 Å². The second-order valence-corrected chi connectivity index (χ2v) is 6.96. The number of aromatic nitrogens is 2. The smallest absolute Gasteiger partial charge is 0.323 e. The largest absolute Gasteiger partial charge is 0.342 e. The van der Waals surface area contributed by atoms with E-state index in [4.69, 9.17) is 0 Å². The van der Waals surface area contributed by atoms with Crippen LogP contribution in [0.25, 0.3) is 11.0 Å². The molecule has 2 aromatic rings. The second kappa shape index (κ2) is 5.77. The first-order valence-corrected chi connectivity index (χ1v) is 7.98. The molecule has 1 heterocycles. The zero-order valence-electron chi connectivity index (χ0n) is 11.8. The van der Waals surface area contributed by atoms with Crippen molar-refractivity contribution in [2.45, 2.75) is 19.3 Å². The Kier molecular flexibility index (Phi) is 4.35. The molecule has 8 nitrogen and oxygen atoms in total. The molecular weight excluding hydrogens is 316 g/mol. The van der Waals surface area contributed by atoms with E-state index in [-0.39, 0.29) is 17.6 Å². The van der Waals surface area contributed by atoms with Crippen LogP contribution in [0.3, 0.4) is 0 Å². The fourth-order valence-electron chi connectivity index (χ4n) is 2.04. The molecule has 0 aliphatic carbocycles.